The number of thiazole rings is 1. The first kappa shape index (κ1) is 13.4. The number of aryl methyl sites for hydroxylation is 2. The van der Waals surface area contributed by atoms with Crippen molar-refractivity contribution < 1.29 is 14.1 Å². The molecule has 0 aliphatic rings. The predicted octanol–water partition coefficient (Wildman–Crippen LogP) is 3.39. The van der Waals surface area contributed by atoms with Crippen molar-refractivity contribution in [2.24, 2.45) is 0 Å². The number of benzene rings is 1. The van der Waals surface area contributed by atoms with Crippen LogP contribution in [0.3, 0.4) is 0 Å². The lowest BCUT2D eigenvalue weighted by Crippen LogP contribution is -1.97. The molecule has 1 aromatic heterocycles. The zero-order valence-corrected chi connectivity index (χ0v) is 11.2. The van der Waals surface area contributed by atoms with Crippen LogP contribution in [0.2, 0.25) is 0 Å². The molecule has 0 aliphatic heterocycles. The third kappa shape index (κ3) is 3.05. The largest absolute Gasteiger partial charge is 0.486 e. The Bertz CT molecular complexity index is 608. The number of nitrogens with zero attached hydrogens (tertiary/aromatic N) is 2. The second kappa shape index (κ2) is 5.31. The Hall–Kier alpha value is -2.02. The lowest BCUT2D eigenvalue weighted by Gasteiger charge is -2.03. The first-order valence-corrected chi connectivity index (χ1v) is 6.28. The van der Waals surface area contributed by atoms with Gasteiger partial charge in [0.2, 0.25) is 5.82 Å². The molecule has 0 saturated heterocycles. The van der Waals surface area contributed by atoms with Gasteiger partial charge in [-0.15, -0.1) is 11.3 Å². The fourth-order valence-corrected chi connectivity index (χ4v) is 2.32. The van der Waals surface area contributed by atoms with Crippen LogP contribution in [-0.2, 0) is 6.61 Å². The molecule has 7 heteroatoms. The number of hydrogen-bond donors (Lipinski definition) is 0. The number of ether oxygens (including phenoxy) is 1. The predicted molar refractivity (Wildman–Crippen MR) is 69.0 cm³/mol. The minimum absolute atomic E-state index is 0.219. The highest BCUT2D eigenvalue weighted by molar-refractivity contribution is 7.11. The Balaban J connectivity index is 2.08. The fourth-order valence-electron chi connectivity index (χ4n) is 1.47. The quantitative estimate of drug-likeness (QED) is 0.637. The maximum absolute atomic E-state index is 13.4. The Morgan fingerprint density at radius 2 is 2.21 bits per heavy atom. The van der Waals surface area contributed by atoms with Crippen molar-refractivity contribution in [1.29, 1.82) is 0 Å². The van der Waals surface area contributed by atoms with Gasteiger partial charge < -0.3 is 4.74 Å². The van der Waals surface area contributed by atoms with Gasteiger partial charge in [-0.3, -0.25) is 10.1 Å². The highest BCUT2D eigenvalue weighted by atomic mass is 32.1. The first-order valence-electron chi connectivity index (χ1n) is 5.47. The first-order chi connectivity index (χ1) is 8.97. The molecule has 5 nitrogen and oxygen atoms in total. The zero-order valence-electron chi connectivity index (χ0n) is 10.3. The van der Waals surface area contributed by atoms with Crippen LogP contribution in [0.1, 0.15) is 15.6 Å². The molecule has 0 radical (unpaired) electrons. The van der Waals surface area contributed by atoms with Crippen molar-refractivity contribution in [2.45, 2.75) is 20.5 Å². The lowest BCUT2D eigenvalue weighted by atomic mass is 10.3. The van der Waals surface area contributed by atoms with E-state index in [1.807, 2.05) is 13.8 Å². The summed E-state index contributed by atoms with van der Waals surface area (Å²) in [5, 5.41) is 11.3. The molecule has 100 valence electrons. The van der Waals surface area contributed by atoms with Crippen LogP contribution in [0, 0.1) is 29.8 Å². The van der Waals surface area contributed by atoms with Crippen molar-refractivity contribution in [3.8, 4) is 5.75 Å². The molecule has 0 aliphatic carbocycles. The summed E-state index contributed by atoms with van der Waals surface area (Å²) in [6, 6.07) is 3.46. The van der Waals surface area contributed by atoms with Crippen molar-refractivity contribution in [3.63, 3.8) is 0 Å². The molecule has 1 heterocycles. The summed E-state index contributed by atoms with van der Waals surface area (Å²) < 4.78 is 18.7. The van der Waals surface area contributed by atoms with Crippen LogP contribution in [0.5, 0.6) is 5.75 Å². The monoisotopic (exact) mass is 282 g/mol. The normalized spacial score (nSPS) is 10.5. The minimum Gasteiger partial charge on any atom is -0.486 e. The van der Waals surface area contributed by atoms with Gasteiger partial charge in [-0.2, -0.15) is 4.39 Å². The second-order valence-corrected chi connectivity index (χ2v) is 5.20. The third-order valence-electron chi connectivity index (χ3n) is 2.55. The molecule has 1 aromatic carbocycles. The number of hydrogen-bond acceptors (Lipinski definition) is 5. The molecular formula is C12H11FN2O3S. The van der Waals surface area contributed by atoms with E-state index >= 15 is 0 Å². The van der Waals surface area contributed by atoms with E-state index in [9.17, 15) is 14.5 Å². The zero-order chi connectivity index (χ0) is 14.0. The molecule has 0 N–H and O–H groups in total. The molecule has 19 heavy (non-hydrogen) atoms. The maximum atomic E-state index is 13.4. The van der Waals surface area contributed by atoms with Gasteiger partial charge in [0.1, 0.15) is 17.4 Å². The molecular weight excluding hydrogens is 271 g/mol. The van der Waals surface area contributed by atoms with Gasteiger partial charge in [-0.05, 0) is 19.9 Å². The molecule has 0 fully saturated rings. The maximum Gasteiger partial charge on any atom is 0.305 e. The van der Waals surface area contributed by atoms with Gasteiger partial charge in [-0.25, -0.2) is 4.98 Å². The van der Waals surface area contributed by atoms with Crippen LogP contribution in [0.15, 0.2) is 18.2 Å². The molecule has 0 spiro atoms. The standard InChI is InChI=1S/C12H11FN2O3S/c1-7-8(2)19-12(14-7)6-18-9-3-4-11(15(16)17)10(13)5-9/h3-5H,6H2,1-2H3. The van der Waals surface area contributed by atoms with E-state index in [0.717, 1.165) is 27.7 Å². The van der Waals surface area contributed by atoms with E-state index in [1.54, 1.807) is 0 Å². The number of halogens is 1. The Kier molecular flexibility index (Phi) is 3.75. The summed E-state index contributed by atoms with van der Waals surface area (Å²) in [4.78, 5) is 15.1. The smallest absolute Gasteiger partial charge is 0.305 e. The summed E-state index contributed by atoms with van der Waals surface area (Å²) >= 11 is 1.51. The van der Waals surface area contributed by atoms with E-state index in [1.165, 1.54) is 17.4 Å². The lowest BCUT2D eigenvalue weighted by molar-refractivity contribution is -0.387. The highest BCUT2D eigenvalue weighted by Gasteiger charge is 2.14. The van der Waals surface area contributed by atoms with Crippen LogP contribution in [-0.4, -0.2) is 9.91 Å². The molecule has 0 bridgehead atoms. The van der Waals surface area contributed by atoms with E-state index in [0.29, 0.717) is 0 Å². The van der Waals surface area contributed by atoms with Gasteiger partial charge >= 0.3 is 5.69 Å². The topological polar surface area (TPSA) is 65.3 Å². The van der Waals surface area contributed by atoms with Crippen LogP contribution in [0.25, 0.3) is 0 Å². The number of aromatic nitrogens is 1. The molecule has 0 saturated carbocycles. The van der Waals surface area contributed by atoms with Crippen molar-refractivity contribution >= 4 is 17.0 Å². The molecule has 0 atom stereocenters. The van der Waals surface area contributed by atoms with E-state index in [-0.39, 0.29) is 12.4 Å². The van der Waals surface area contributed by atoms with E-state index in [4.69, 9.17) is 4.74 Å². The van der Waals surface area contributed by atoms with E-state index < -0.39 is 16.4 Å². The molecule has 2 rings (SSSR count). The van der Waals surface area contributed by atoms with Gasteiger partial charge in [0, 0.05) is 17.0 Å². The summed E-state index contributed by atoms with van der Waals surface area (Å²) in [5.41, 5.74) is 0.381. The van der Waals surface area contributed by atoms with Crippen LogP contribution in [0.4, 0.5) is 10.1 Å². The third-order valence-corrected chi connectivity index (χ3v) is 3.60. The summed E-state index contributed by atoms with van der Waals surface area (Å²) in [5.74, 6) is -0.664. The molecule has 0 unspecified atom stereocenters. The van der Waals surface area contributed by atoms with Crippen LogP contribution < -0.4 is 4.74 Å². The van der Waals surface area contributed by atoms with Crippen molar-refractivity contribution in [3.05, 3.63) is 49.7 Å². The molecule has 0 amide bonds. The Labute approximate surface area is 112 Å². The fraction of sp³-hybridized carbons (Fsp3) is 0.250. The second-order valence-electron chi connectivity index (χ2n) is 3.91. The minimum atomic E-state index is -0.908. The highest BCUT2D eigenvalue weighted by Crippen LogP contribution is 2.24. The van der Waals surface area contributed by atoms with Crippen molar-refractivity contribution in [1.82, 2.24) is 4.98 Å². The van der Waals surface area contributed by atoms with Gasteiger partial charge in [0.15, 0.2) is 0 Å². The average Bonchev–Trinajstić information content (AvgIpc) is 2.66. The summed E-state index contributed by atoms with van der Waals surface area (Å²) in [7, 11) is 0. The van der Waals surface area contributed by atoms with E-state index in [2.05, 4.69) is 4.98 Å². The number of rotatable bonds is 4. The Morgan fingerprint density at radius 1 is 1.47 bits per heavy atom. The van der Waals surface area contributed by atoms with Crippen LogP contribution >= 0.6 is 11.3 Å². The molecule has 2 aromatic rings. The Morgan fingerprint density at radius 3 is 2.74 bits per heavy atom. The van der Waals surface area contributed by atoms with Gasteiger partial charge in [-0.1, -0.05) is 0 Å². The van der Waals surface area contributed by atoms with Gasteiger partial charge in [0.05, 0.1) is 10.6 Å². The van der Waals surface area contributed by atoms with Gasteiger partial charge in [0.25, 0.3) is 0 Å². The van der Waals surface area contributed by atoms with Crippen molar-refractivity contribution in [2.75, 3.05) is 0 Å². The number of nitro benzene ring substituents is 1. The summed E-state index contributed by atoms with van der Waals surface area (Å²) in [6.07, 6.45) is 0. The average molecular weight is 282 g/mol. The summed E-state index contributed by atoms with van der Waals surface area (Å²) in [6.45, 7) is 4.08. The SMILES string of the molecule is Cc1nc(COc2ccc([N+](=O)[O-])c(F)c2)sc1C. The number of nitro groups is 1.